The molecule has 4 nitrogen and oxygen atoms in total. The summed E-state index contributed by atoms with van der Waals surface area (Å²) < 4.78 is 2.39. The van der Waals surface area contributed by atoms with Gasteiger partial charge in [-0.2, -0.15) is 0 Å². The van der Waals surface area contributed by atoms with Crippen LogP contribution in [0.15, 0.2) is 23.1 Å². The lowest BCUT2D eigenvalue weighted by Crippen LogP contribution is -2.21. The SMILES string of the molecule is CC[C@@H]1CCCN1Sc1ccc2c(c1)C(=O)C(=O)N2. The lowest BCUT2D eigenvalue weighted by Gasteiger charge is -2.21. The zero-order valence-electron chi connectivity index (χ0n) is 10.8. The van der Waals surface area contributed by atoms with E-state index in [0.29, 0.717) is 17.3 Å². The number of nitrogens with zero attached hydrogens (tertiary/aromatic N) is 1. The molecule has 2 heterocycles. The molecule has 100 valence electrons. The van der Waals surface area contributed by atoms with E-state index < -0.39 is 11.7 Å². The van der Waals surface area contributed by atoms with Gasteiger partial charge in [0.1, 0.15) is 0 Å². The fourth-order valence-corrected chi connectivity index (χ4v) is 3.85. The molecule has 2 aliphatic heterocycles. The number of hydrogen-bond acceptors (Lipinski definition) is 4. The third kappa shape index (κ3) is 2.28. The lowest BCUT2D eigenvalue weighted by atomic mass is 10.1. The van der Waals surface area contributed by atoms with Gasteiger partial charge in [0.2, 0.25) is 0 Å². The van der Waals surface area contributed by atoms with Gasteiger partial charge in [0, 0.05) is 17.5 Å². The molecule has 0 bridgehead atoms. The summed E-state index contributed by atoms with van der Waals surface area (Å²) in [5, 5.41) is 2.58. The van der Waals surface area contributed by atoms with Crippen molar-refractivity contribution in [2.75, 3.05) is 11.9 Å². The number of benzene rings is 1. The highest BCUT2D eigenvalue weighted by Crippen LogP contribution is 2.35. The fourth-order valence-electron chi connectivity index (χ4n) is 2.65. The van der Waals surface area contributed by atoms with E-state index >= 15 is 0 Å². The maximum Gasteiger partial charge on any atom is 0.296 e. The van der Waals surface area contributed by atoms with Gasteiger partial charge in [-0.15, -0.1) is 0 Å². The highest BCUT2D eigenvalue weighted by atomic mass is 32.2. The average Bonchev–Trinajstić information content (AvgIpc) is 2.96. The first-order chi connectivity index (χ1) is 9.19. The molecule has 0 unspecified atom stereocenters. The molecule has 1 atom stereocenters. The number of carbonyl (C=O) groups excluding carboxylic acids is 2. The smallest absolute Gasteiger partial charge is 0.296 e. The van der Waals surface area contributed by atoms with E-state index in [1.807, 2.05) is 18.2 Å². The van der Waals surface area contributed by atoms with Crippen LogP contribution in [0.1, 0.15) is 36.5 Å². The largest absolute Gasteiger partial charge is 0.318 e. The molecule has 19 heavy (non-hydrogen) atoms. The van der Waals surface area contributed by atoms with E-state index in [4.69, 9.17) is 0 Å². The van der Waals surface area contributed by atoms with Crippen LogP contribution in [0.3, 0.4) is 0 Å². The highest BCUT2D eigenvalue weighted by molar-refractivity contribution is 7.97. The Hall–Kier alpha value is -1.33. The summed E-state index contributed by atoms with van der Waals surface area (Å²) in [5.74, 6) is -0.948. The Morgan fingerprint density at radius 1 is 1.42 bits per heavy atom. The van der Waals surface area contributed by atoms with Gasteiger partial charge in [0.05, 0.1) is 11.3 Å². The van der Waals surface area contributed by atoms with E-state index in [1.165, 1.54) is 12.8 Å². The van der Waals surface area contributed by atoms with Crippen LogP contribution in [0.4, 0.5) is 5.69 Å². The second-order valence-electron chi connectivity index (χ2n) is 4.93. The minimum atomic E-state index is -0.523. The number of amides is 1. The Morgan fingerprint density at radius 2 is 2.26 bits per heavy atom. The summed E-state index contributed by atoms with van der Waals surface area (Å²) in [6.45, 7) is 3.30. The zero-order chi connectivity index (χ0) is 13.4. The molecule has 0 aliphatic carbocycles. The molecule has 5 heteroatoms. The number of hydrogen-bond donors (Lipinski definition) is 1. The maximum atomic E-state index is 11.7. The third-order valence-corrected chi connectivity index (χ3v) is 4.89. The van der Waals surface area contributed by atoms with Gasteiger partial charge in [0.25, 0.3) is 11.7 Å². The first-order valence-electron chi connectivity index (χ1n) is 6.63. The Labute approximate surface area is 116 Å². The van der Waals surface area contributed by atoms with Crippen molar-refractivity contribution < 1.29 is 9.59 Å². The van der Waals surface area contributed by atoms with Gasteiger partial charge >= 0.3 is 0 Å². The molecule has 0 aromatic heterocycles. The zero-order valence-corrected chi connectivity index (χ0v) is 11.6. The van der Waals surface area contributed by atoms with Crippen LogP contribution in [0, 0.1) is 0 Å². The summed E-state index contributed by atoms with van der Waals surface area (Å²) in [7, 11) is 0. The quantitative estimate of drug-likeness (QED) is 0.681. The highest BCUT2D eigenvalue weighted by Gasteiger charge is 2.29. The molecular formula is C14H16N2O2S. The van der Waals surface area contributed by atoms with Gasteiger partial charge < -0.3 is 5.32 Å². The topological polar surface area (TPSA) is 49.4 Å². The van der Waals surface area contributed by atoms with Crippen LogP contribution in [0.2, 0.25) is 0 Å². The number of Topliss-reactive ketones (excluding diaryl/α,β-unsaturated/α-hetero) is 1. The molecule has 1 aromatic rings. The van der Waals surface area contributed by atoms with Crippen molar-refractivity contribution in [2.24, 2.45) is 0 Å². The van der Waals surface area contributed by atoms with Crippen LogP contribution in [0.5, 0.6) is 0 Å². The van der Waals surface area contributed by atoms with Gasteiger partial charge in [0.15, 0.2) is 0 Å². The summed E-state index contributed by atoms with van der Waals surface area (Å²) in [5.41, 5.74) is 1.13. The Morgan fingerprint density at radius 3 is 3.05 bits per heavy atom. The molecule has 1 aromatic carbocycles. The Kier molecular flexibility index (Phi) is 3.33. The van der Waals surface area contributed by atoms with Gasteiger partial charge in [-0.1, -0.05) is 6.92 Å². The maximum absolute atomic E-state index is 11.7. The van der Waals surface area contributed by atoms with E-state index in [-0.39, 0.29) is 0 Å². The summed E-state index contributed by atoms with van der Waals surface area (Å²) in [6, 6.07) is 6.23. The number of fused-ring (bicyclic) bond motifs is 1. The van der Waals surface area contributed by atoms with Crippen LogP contribution in [0.25, 0.3) is 0 Å². The molecule has 1 N–H and O–H groups in total. The standard InChI is InChI=1S/C14H16N2O2S/c1-2-9-4-3-7-16(9)19-10-5-6-12-11(8-10)13(17)14(18)15-12/h5-6,8-9H,2-4,7H2,1H3,(H,15,17,18)/t9-/m1/s1. The van der Waals surface area contributed by atoms with E-state index in [0.717, 1.165) is 17.9 Å². The first kappa shape index (κ1) is 12.7. The lowest BCUT2D eigenvalue weighted by molar-refractivity contribution is -0.112. The minimum Gasteiger partial charge on any atom is -0.318 e. The molecule has 1 amide bonds. The van der Waals surface area contributed by atoms with Crippen molar-refractivity contribution in [1.29, 1.82) is 0 Å². The number of nitrogens with one attached hydrogen (secondary N) is 1. The number of anilines is 1. The predicted molar refractivity (Wildman–Crippen MR) is 75.3 cm³/mol. The minimum absolute atomic E-state index is 0.425. The normalized spacial score (nSPS) is 22.7. The van der Waals surface area contributed by atoms with Crippen LogP contribution in [-0.4, -0.2) is 28.6 Å². The number of ketones is 1. The molecule has 2 aliphatic rings. The van der Waals surface area contributed by atoms with Crippen molar-refractivity contribution in [1.82, 2.24) is 4.31 Å². The molecule has 0 radical (unpaired) electrons. The second-order valence-corrected chi connectivity index (χ2v) is 6.05. The van der Waals surface area contributed by atoms with Gasteiger partial charge in [-0.25, -0.2) is 4.31 Å². The summed E-state index contributed by atoms with van der Waals surface area (Å²) >= 11 is 1.70. The second kappa shape index (κ2) is 4.98. The monoisotopic (exact) mass is 276 g/mol. The van der Waals surface area contributed by atoms with Gasteiger partial charge in [-0.05, 0) is 49.4 Å². The third-order valence-electron chi connectivity index (χ3n) is 3.71. The number of carbonyl (C=O) groups is 2. The van der Waals surface area contributed by atoms with Crippen molar-refractivity contribution in [3.8, 4) is 0 Å². The Balaban J connectivity index is 1.80. The van der Waals surface area contributed by atoms with Crippen LogP contribution < -0.4 is 5.32 Å². The average molecular weight is 276 g/mol. The summed E-state index contributed by atoms with van der Waals surface area (Å²) in [6.07, 6.45) is 3.62. The van der Waals surface area contributed by atoms with Crippen molar-refractivity contribution in [3.63, 3.8) is 0 Å². The Bertz CT molecular complexity index is 544. The molecule has 1 fully saturated rings. The summed E-state index contributed by atoms with van der Waals surface area (Å²) in [4.78, 5) is 24.0. The number of rotatable bonds is 3. The van der Waals surface area contributed by atoms with E-state index in [1.54, 1.807) is 11.9 Å². The first-order valence-corrected chi connectivity index (χ1v) is 7.40. The van der Waals surface area contributed by atoms with Crippen molar-refractivity contribution >= 4 is 29.3 Å². The van der Waals surface area contributed by atoms with E-state index in [9.17, 15) is 9.59 Å². The molecular weight excluding hydrogens is 260 g/mol. The van der Waals surface area contributed by atoms with Crippen molar-refractivity contribution in [2.45, 2.75) is 37.1 Å². The van der Waals surface area contributed by atoms with Crippen LogP contribution in [-0.2, 0) is 4.79 Å². The fraction of sp³-hybridized carbons (Fsp3) is 0.429. The molecule has 3 rings (SSSR count). The van der Waals surface area contributed by atoms with Crippen LogP contribution >= 0.6 is 11.9 Å². The predicted octanol–water partition coefficient (Wildman–Crippen LogP) is 2.70. The van der Waals surface area contributed by atoms with E-state index in [2.05, 4.69) is 16.5 Å². The van der Waals surface area contributed by atoms with Gasteiger partial charge in [-0.3, -0.25) is 9.59 Å². The van der Waals surface area contributed by atoms with Crippen molar-refractivity contribution in [3.05, 3.63) is 23.8 Å². The molecule has 0 saturated carbocycles. The molecule has 0 spiro atoms. The molecule has 1 saturated heterocycles.